The summed E-state index contributed by atoms with van der Waals surface area (Å²) in [5.74, 6) is -2.46. The second-order valence-corrected chi connectivity index (χ2v) is 5.47. The summed E-state index contributed by atoms with van der Waals surface area (Å²) in [7, 11) is 1.86. The Balaban J connectivity index is 1.99. The number of hydrogen-bond donors (Lipinski definition) is 1. The number of nitrogens with two attached hydrogens (primary N) is 1. The van der Waals surface area contributed by atoms with E-state index in [-0.39, 0.29) is 24.8 Å². The molecule has 1 heterocycles. The number of aryl methyl sites for hydroxylation is 1. The third-order valence-corrected chi connectivity index (χ3v) is 4.00. The van der Waals surface area contributed by atoms with Crippen molar-refractivity contribution in [3.05, 3.63) is 17.5 Å². The second kappa shape index (κ2) is 4.96. The Morgan fingerprint density at radius 1 is 1.61 bits per heavy atom. The fourth-order valence-electron chi connectivity index (χ4n) is 2.84. The Bertz CT molecular complexity index is 414. The van der Waals surface area contributed by atoms with Gasteiger partial charge in [0.15, 0.2) is 0 Å². The normalized spacial score (nSPS) is 25.1. The molecule has 1 fully saturated rings. The Labute approximate surface area is 106 Å². The Kier molecular flexibility index (Phi) is 3.71. The lowest BCUT2D eigenvalue weighted by Crippen LogP contribution is -2.28. The number of hydrogen-bond acceptors (Lipinski definition) is 2. The maximum absolute atomic E-state index is 13.3. The first kappa shape index (κ1) is 13.5. The minimum atomic E-state index is -2.49. The van der Waals surface area contributed by atoms with Crippen molar-refractivity contribution >= 4 is 0 Å². The van der Waals surface area contributed by atoms with Gasteiger partial charge in [0, 0.05) is 37.2 Å². The molecule has 0 radical (unpaired) electrons. The van der Waals surface area contributed by atoms with Gasteiger partial charge in [-0.05, 0) is 32.1 Å². The van der Waals surface area contributed by atoms with Gasteiger partial charge in [-0.25, -0.2) is 8.78 Å². The first-order chi connectivity index (χ1) is 8.39. The Morgan fingerprint density at radius 2 is 2.33 bits per heavy atom. The summed E-state index contributed by atoms with van der Waals surface area (Å²) in [6, 6.07) is -0.183. The molecule has 0 aromatic carbocycles. The van der Waals surface area contributed by atoms with E-state index in [9.17, 15) is 8.78 Å². The van der Waals surface area contributed by atoms with Crippen LogP contribution in [-0.4, -0.2) is 15.7 Å². The second-order valence-electron chi connectivity index (χ2n) is 5.47. The van der Waals surface area contributed by atoms with Gasteiger partial charge in [0.1, 0.15) is 0 Å². The van der Waals surface area contributed by atoms with Crippen LogP contribution >= 0.6 is 0 Å². The highest BCUT2D eigenvalue weighted by Gasteiger charge is 2.36. The van der Waals surface area contributed by atoms with Crippen LogP contribution in [0.3, 0.4) is 0 Å². The largest absolute Gasteiger partial charge is 0.324 e. The van der Waals surface area contributed by atoms with Gasteiger partial charge in [0.2, 0.25) is 5.92 Å². The average Bonchev–Trinajstić information content (AvgIpc) is 2.58. The predicted molar refractivity (Wildman–Crippen MR) is 66.4 cm³/mol. The molecule has 1 aliphatic rings. The van der Waals surface area contributed by atoms with Crippen LogP contribution in [0.2, 0.25) is 0 Å². The van der Waals surface area contributed by atoms with Crippen molar-refractivity contribution in [1.29, 1.82) is 0 Å². The van der Waals surface area contributed by atoms with Gasteiger partial charge in [-0.3, -0.25) is 4.68 Å². The molecule has 0 amide bonds. The summed E-state index contributed by atoms with van der Waals surface area (Å²) >= 11 is 0. The molecule has 0 saturated heterocycles. The summed E-state index contributed by atoms with van der Waals surface area (Å²) in [6.07, 6.45) is 3.87. The lowest BCUT2D eigenvalue weighted by atomic mass is 9.81. The molecule has 18 heavy (non-hydrogen) atoms. The summed E-state index contributed by atoms with van der Waals surface area (Å²) < 4.78 is 28.4. The molecule has 5 heteroatoms. The van der Waals surface area contributed by atoms with Crippen LogP contribution in [0.4, 0.5) is 8.78 Å². The molecule has 1 aliphatic carbocycles. The number of halogens is 2. The lowest BCUT2D eigenvalue weighted by molar-refractivity contribution is -0.0543. The molecule has 0 bridgehead atoms. The van der Waals surface area contributed by atoms with E-state index < -0.39 is 5.92 Å². The zero-order chi connectivity index (χ0) is 13.3. The Hall–Kier alpha value is -0.970. The molecule has 2 unspecified atom stereocenters. The van der Waals surface area contributed by atoms with E-state index >= 15 is 0 Å². The van der Waals surface area contributed by atoms with E-state index in [4.69, 9.17) is 5.73 Å². The van der Waals surface area contributed by atoms with Crippen LogP contribution in [0, 0.1) is 12.8 Å². The zero-order valence-corrected chi connectivity index (χ0v) is 11.0. The molecule has 3 nitrogen and oxygen atoms in total. The first-order valence-electron chi connectivity index (χ1n) is 6.51. The van der Waals surface area contributed by atoms with Gasteiger partial charge in [-0.1, -0.05) is 0 Å². The van der Waals surface area contributed by atoms with E-state index in [1.807, 2.05) is 14.0 Å². The smallest absolute Gasteiger partial charge is 0.248 e. The number of aromatic nitrogens is 2. The molecule has 2 rings (SSSR count). The van der Waals surface area contributed by atoms with Crippen LogP contribution in [0.1, 0.15) is 49.4 Å². The number of alkyl halides is 2. The van der Waals surface area contributed by atoms with Crippen molar-refractivity contribution in [2.75, 3.05) is 0 Å². The van der Waals surface area contributed by atoms with Gasteiger partial charge in [-0.15, -0.1) is 0 Å². The van der Waals surface area contributed by atoms with Crippen molar-refractivity contribution in [2.24, 2.45) is 18.7 Å². The van der Waals surface area contributed by atoms with Crippen molar-refractivity contribution < 1.29 is 8.78 Å². The quantitative estimate of drug-likeness (QED) is 0.904. The van der Waals surface area contributed by atoms with Crippen LogP contribution in [0.25, 0.3) is 0 Å². The molecule has 1 aromatic heterocycles. The SMILES string of the molecule is Cc1c(C(N)CC2CCCC(F)(F)C2)cnn1C. The molecule has 102 valence electrons. The number of nitrogens with zero attached hydrogens (tertiary/aromatic N) is 2. The summed E-state index contributed by atoms with van der Waals surface area (Å²) in [5.41, 5.74) is 8.13. The zero-order valence-electron chi connectivity index (χ0n) is 11.0. The topological polar surface area (TPSA) is 43.8 Å². The van der Waals surface area contributed by atoms with E-state index in [1.54, 1.807) is 10.9 Å². The maximum Gasteiger partial charge on any atom is 0.248 e. The van der Waals surface area contributed by atoms with E-state index in [1.165, 1.54) is 0 Å². The first-order valence-corrected chi connectivity index (χ1v) is 6.51. The minimum Gasteiger partial charge on any atom is -0.324 e. The Morgan fingerprint density at radius 3 is 2.89 bits per heavy atom. The van der Waals surface area contributed by atoms with Crippen LogP contribution < -0.4 is 5.73 Å². The van der Waals surface area contributed by atoms with Gasteiger partial charge in [0.25, 0.3) is 0 Å². The van der Waals surface area contributed by atoms with Gasteiger partial charge in [-0.2, -0.15) is 5.10 Å². The van der Waals surface area contributed by atoms with Crippen molar-refractivity contribution in [3.63, 3.8) is 0 Å². The monoisotopic (exact) mass is 257 g/mol. The lowest BCUT2D eigenvalue weighted by Gasteiger charge is -2.30. The molecule has 2 N–H and O–H groups in total. The third kappa shape index (κ3) is 2.88. The van der Waals surface area contributed by atoms with Crippen molar-refractivity contribution in [1.82, 2.24) is 9.78 Å². The minimum absolute atomic E-state index is 0.0139. The fraction of sp³-hybridized carbons (Fsp3) is 0.769. The van der Waals surface area contributed by atoms with Gasteiger partial charge >= 0.3 is 0 Å². The van der Waals surface area contributed by atoms with Crippen LogP contribution in [0.5, 0.6) is 0 Å². The van der Waals surface area contributed by atoms with Crippen LogP contribution in [-0.2, 0) is 7.05 Å². The van der Waals surface area contributed by atoms with Crippen molar-refractivity contribution in [3.8, 4) is 0 Å². The van der Waals surface area contributed by atoms with Crippen LogP contribution in [0.15, 0.2) is 6.20 Å². The molecular weight excluding hydrogens is 236 g/mol. The predicted octanol–water partition coefficient (Wildman–Crippen LogP) is 2.94. The number of rotatable bonds is 3. The van der Waals surface area contributed by atoms with E-state index in [2.05, 4.69) is 5.10 Å². The molecule has 0 aliphatic heterocycles. The third-order valence-electron chi connectivity index (χ3n) is 4.00. The molecule has 1 aromatic rings. The van der Waals surface area contributed by atoms with E-state index in [0.717, 1.165) is 17.7 Å². The van der Waals surface area contributed by atoms with Gasteiger partial charge < -0.3 is 5.73 Å². The fourth-order valence-corrected chi connectivity index (χ4v) is 2.84. The molecule has 2 atom stereocenters. The summed E-state index contributed by atoms with van der Waals surface area (Å²) in [5, 5.41) is 4.15. The molecule has 0 spiro atoms. The highest BCUT2D eigenvalue weighted by molar-refractivity contribution is 5.20. The summed E-state index contributed by atoms with van der Waals surface area (Å²) in [6.45, 7) is 1.96. The van der Waals surface area contributed by atoms with E-state index in [0.29, 0.717) is 12.8 Å². The summed E-state index contributed by atoms with van der Waals surface area (Å²) in [4.78, 5) is 0. The average molecular weight is 257 g/mol. The highest BCUT2D eigenvalue weighted by Crippen LogP contribution is 2.40. The highest BCUT2D eigenvalue weighted by atomic mass is 19.3. The van der Waals surface area contributed by atoms with Gasteiger partial charge in [0.05, 0.1) is 6.20 Å². The standard InChI is InChI=1S/C13H21F2N3/c1-9-11(8-17-18(9)2)12(16)6-10-4-3-5-13(14,15)7-10/h8,10,12H,3-7,16H2,1-2H3. The van der Waals surface area contributed by atoms with Crippen molar-refractivity contribution in [2.45, 2.75) is 51.0 Å². The molecule has 1 saturated carbocycles. The maximum atomic E-state index is 13.3. The molecular formula is C13H21F2N3.